The van der Waals surface area contributed by atoms with E-state index in [0.29, 0.717) is 29.4 Å². The monoisotopic (exact) mass is 672 g/mol. The molecule has 3 aliphatic heterocycles. The van der Waals surface area contributed by atoms with Crippen molar-refractivity contribution in [1.82, 2.24) is 39.6 Å². The molecule has 4 aliphatic rings. The molecule has 0 bridgehead atoms. The first-order valence-electron chi connectivity index (χ1n) is 16.5. The van der Waals surface area contributed by atoms with Crippen molar-refractivity contribution in [3.8, 4) is 23.2 Å². The third-order valence-corrected chi connectivity index (χ3v) is 9.69. The predicted octanol–water partition coefficient (Wildman–Crippen LogP) is 3.34. The molecule has 2 unspecified atom stereocenters. The number of ether oxygens (including phenoxy) is 2. The molecule has 3 fully saturated rings. The van der Waals surface area contributed by atoms with Gasteiger partial charge in [-0.1, -0.05) is 19.1 Å². The van der Waals surface area contributed by atoms with E-state index in [1.54, 1.807) is 6.07 Å². The maximum atomic E-state index is 15.2. The summed E-state index contributed by atoms with van der Waals surface area (Å²) in [6.45, 7) is 8.51. The Morgan fingerprint density at radius 1 is 1.20 bits per heavy atom. The summed E-state index contributed by atoms with van der Waals surface area (Å²) in [5, 5.41) is 13.2. The summed E-state index contributed by atoms with van der Waals surface area (Å²) < 4.78 is 41.4. The lowest BCUT2D eigenvalue weighted by Gasteiger charge is -2.48. The second kappa shape index (κ2) is 13.6. The van der Waals surface area contributed by atoms with Crippen LogP contribution in [0.1, 0.15) is 36.3 Å². The number of allylic oxidation sites excluding steroid dienone is 1. The molecule has 15 heteroatoms. The fraction of sp³-hybridized carbons (Fsp3) is 0.471. The first kappa shape index (κ1) is 32.8. The van der Waals surface area contributed by atoms with Gasteiger partial charge < -0.3 is 24.7 Å². The maximum absolute atomic E-state index is 15.2. The number of piperidine rings is 1. The van der Waals surface area contributed by atoms with Crippen molar-refractivity contribution in [2.45, 2.75) is 50.4 Å². The highest BCUT2D eigenvalue weighted by Gasteiger charge is 2.48. The minimum Gasteiger partial charge on any atom is -0.483 e. The number of anilines is 1. The van der Waals surface area contributed by atoms with Crippen molar-refractivity contribution in [2.75, 3.05) is 51.3 Å². The molecular formula is C34H38F2N10O3. The largest absolute Gasteiger partial charge is 0.483 e. The van der Waals surface area contributed by atoms with Gasteiger partial charge in [0.05, 0.1) is 43.9 Å². The standard InChI is InChI=1S/C34H38F2N10O3/c1-21-11-25(4-5-28(21)46-10-9-44(15-22(46)2)26-16-48-17-26)42-33-41-20-40-31(43-33)23-3-6-29(24(12-23)13-37)49-30-7-8-45(18-34(30,35)36)32(47)27-14-38-19-39-27/h3-6,11-12,14,19-22,26,28,30H,7-10,15-18H2,1-2H3,(H,38,39)(H,40,41,42,43)/t21?,22-,28?,30-/m0/s1. The van der Waals surface area contributed by atoms with Crippen molar-refractivity contribution < 1.29 is 23.0 Å². The summed E-state index contributed by atoms with van der Waals surface area (Å²) >= 11 is 0. The van der Waals surface area contributed by atoms with Crippen LogP contribution in [0.25, 0.3) is 11.4 Å². The Morgan fingerprint density at radius 2 is 2.06 bits per heavy atom. The number of aromatic amines is 1. The molecule has 1 aliphatic carbocycles. The SMILES string of the molecule is CC1C=C(Nc2ncnc(-c3ccc(O[C@H]4CCN(C(=O)c5cnc[nH]5)CC4(F)F)c(C#N)c3)n2)C=CC1N1CCN(C2COC2)C[C@@H]1C. The number of hydrogen-bond acceptors (Lipinski definition) is 11. The number of halogens is 2. The van der Waals surface area contributed by atoms with Gasteiger partial charge >= 0.3 is 5.92 Å². The number of rotatable bonds is 8. The molecule has 3 saturated heterocycles. The van der Waals surface area contributed by atoms with E-state index in [2.05, 4.69) is 72.1 Å². The van der Waals surface area contributed by atoms with E-state index in [0.717, 1.165) is 43.4 Å². The average Bonchev–Trinajstić information content (AvgIpc) is 3.61. The molecule has 4 atom stereocenters. The first-order chi connectivity index (χ1) is 23.7. The summed E-state index contributed by atoms with van der Waals surface area (Å²) in [7, 11) is 0. The van der Waals surface area contributed by atoms with Crippen LogP contribution >= 0.6 is 0 Å². The fourth-order valence-corrected chi connectivity index (χ4v) is 6.94. The number of alkyl halides is 2. The van der Waals surface area contributed by atoms with Gasteiger partial charge in [-0.2, -0.15) is 10.2 Å². The Morgan fingerprint density at radius 3 is 2.76 bits per heavy atom. The number of H-pyrrole nitrogens is 1. The molecule has 1 amide bonds. The van der Waals surface area contributed by atoms with E-state index in [1.807, 2.05) is 6.07 Å². The van der Waals surface area contributed by atoms with Crippen LogP contribution in [0.5, 0.6) is 5.75 Å². The number of carbonyl (C=O) groups excluding carboxylic acids is 1. The number of piperazine rings is 1. The summed E-state index contributed by atoms with van der Waals surface area (Å²) in [5.41, 5.74) is 1.58. The smallest absolute Gasteiger partial charge is 0.301 e. The number of benzene rings is 1. The number of aromatic nitrogens is 5. The Labute approximate surface area is 282 Å². The molecule has 7 rings (SSSR count). The fourth-order valence-electron chi connectivity index (χ4n) is 6.94. The molecule has 3 aromatic rings. The zero-order chi connectivity index (χ0) is 34.1. The molecule has 0 spiro atoms. The van der Waals surface area contributed by atoms with Crippen LogP contribution in [0.2, 0.25) is 0 Å². The van der Waals surface area contributed by atoms with E-state index in [1.165, 1.54) is 31.0 Å². The normalized spacial score (nSPS) is 26.0. The number of nitriles is 1. The summed E-state index contributed by atoms with van der Waals surface area (Å²) in [6, 6.07) is 7.91. The molecule has 13 nitrogen and oxygen atoms in total. The van der Waals surface area contributed by atoms with Crippen LogP contribution in [0.3, 0.4) is 0 Å². The zero-order valence-corrected chi connectivity index (χ0v) is 27.3. The molecule has 256 valence electrons. The van der Waals surface area contributed by atoms with Crippen LogP contribution < -0.4 is 10.1 Å². The molecular weight excluding hydrogens is 634 g/mol. The number of likely N-dealkylation sites (tertiary alicyclic amines) is 1. The topological polar surface area (TPSA) is 148 Å². The number of hydrogen-bond donors (Lipinski definition) is 2. The van der Waals surface area contributed by atoms with Crippen molar-refractivity contribution >= 4 is 11.9 Å². The number of imidazole rings is 1. The lowest BCUT2D eigenvalue weighted by atomic mass is 9.92. The quantitative estimate of drug-likeness (QED) is 0.363. The predicted molar refractivity (Wildman–Crippen MR) is 175 cm³/mol. The van der Waals surface area contributed by atoms with Gasteiger partial charge in [0, 0.05) is 55.9 Å². The third kappa shape index (κ3) is 6.89. The Bertz CT molecular complexity index is 1770. The minimum atomic E-state index is -3.34. The van der Waals surface area contributed by atoms with E-state index >= 15 is 8.78 Å². The number of nitrogens with zero attached hydrogens (tertiary/aromatic N) is 8. The average molecular weight is 673 g/mol. The molecule has 5 heterocycles. The zero-order valence-electron chi connectivity index (χ0n) is 27.3. The van der Waals surface area contributed by atoms with Crippen LogP contribution in [0.15, 0.2) is 61.0 Å². The van der Waals surface area contributed by atoms with Crippen LogP contribution in [0, 0.1) is 17.2 Å². The Kier molecular flexibility index (Phi) is 9.10. The Balaban J connectivity index is 0.983. The highest BCUT2D eigenvalue weighted by molar-refractivity contribution is 5.92. The van der Waals surface area contributed by atoms with Gasteiger partial charge in [0.1, 0.15) is 23.8 Å². The van der Waals surface area contributed by atoms with Crippen molar-refractivity contribution in [2.24, 2.45) is 5.92 Å². The number of amides is 1. The van der Waals surface area contributed by atoms with Crippen molar-refractivity contribution in [3.63, 3.8) is 0 Å². The summed E-state index contributed by atoms with van der Waals surface area (Å²) in [5.74, 6) is -2.97. The van der Waals surface area contributed by atoms with Gasteiger partial charge in [-0.15, -0.1) is 0 Å². The van der Waals surface area contributed by atoms with Gasteiger partial charge in [0.15, 0.2) is 11.9 Å². The highest BCUT2D eigenvalue weighted by atomic mass is 19.3. The highest BCUT2D eigenvalue weighted by Crippen LogP contribution is 2.34. The van der Waals surface area contributed by atoms with Crippen molar-refractivity contribution in [1.29, 1.82) is 5.26 Å². The minimum absolute atomic E-state index is 0.0190. The molecule has 2 N–H and O–H groups in total. The van der Waals surface area contributed by atoms with Gasteiger partial charge in [0.25, 0.3) is 5.91 Å². The lowest BCUT2D eigenvalue weighted by Crippen LogP contribution is -2.61. The van der Waals surface area contributed by atoms with Crippen LogP contribution in [0.4, 0.5) is 14.7 Å². The third-order valence-electron chi connectivity index (χ3n) is 9.69. The molecule has 49 heavy (non-hydrogen) atoms. The second-order valence-electron chi connectivity index (χ2n) is 13.0. The lowest BCUT2D eigenvalue weighted by molar-refractivity contribution is -0.132. The maximum Gasteiger partial charge on any atom is 0.301 e. The molecule has 2 aromatic heterocycles. The number of nitrogens with one attached hydrogen (secondary N) is 2. The van der Waals surface area contributed by atoms with Gasteiger partial charge in [0.2, 0.25) is 5.95 Å². The second-order valence-corrected chi connectivity index (χ2v) is 13.0. The van der Waals surface area contributed by atoms with Crippen LogP contribution in [-0.2, 0) is 4.74 Å². The summed E-state index contributed by atoms with van der Waals surface area (Å²) in [4.78, 5) is 38.3. The molecule has 1 aromatic carbocycles. The van der Waals surface area contributed by atoms with Gasteiger partial charge in [-0.05, 0) is 37.1 Å². The van der Waals surface area contributed by atoms with E-state index in [-0.39, 0.29) is 41.9 Å². The van der Waals surface area contributed by atoms with E-state index in [4.69, 9.17) is 9.47 Å². The molecule has 0 radical (unpaired) electrons. The van der Waals surface area contributed by atoms with Crippen molar-refractivity contribution in [3.05, 3.63) is 72.2 Å². The number of carbonyl (C=O) groups is 1. The first-order valence-corrected chi connectivity index (χ1v) is 16.5. The van der Waals surface area contributed by atoms with Gasteiger partial charge in [-0.25, -0.2) is 23.7 Å². The van der Waals surface area contributed by atoms with Crippen LogP contribution in [-0.4, -0.2) is 122 Å². The molecule has 0 saturated carbocycles. The summed E-state index contributed by atoms with van der Waals surface area (Å²) in [6.07, 6.45) is 8.84. The van der Waals surface area contributed by atoms with Gasteiger partial charge in [-0.3, -0.25) is 14.6 Å². The Hall–Kier alpha value is -4.78. The van der Waals surface area contributed by atoms with E-state index < -0.39 is 24.5 Å². The van der Waals surface area contributed by atoms with E-state index in [9.17, 15) is 10.1 Å².